The fraction of sp³-hybridized carbons (Fsp3) is 0.227. The molecule has 0 aliphatic rings. The van der Waals surface area contributed by atoms with Crippen molar-refractivity contribution in [1.29, 1.82) is 0 Å². The van der Waals surface area contributed by atoms with E-state index in [1.165, 1.54) is 5.56 Å². The third-order valence-corrected chi connectivity index (χ3v) is 4.57. The quantitative estimate of drug-likeness (QED) is 0.537. The van der Waals surface area contributed by atoms with Gasteiger partial charge in [-0.15, -0.1) is 0 Å². The highest BCUT2D eigenvalue weighted by atomic mass is 16.4. The van der Waals surface area contributed by atoms with Crippen molar-refractivity contribution in [2.75, 3.05) is 6.54 Å². The van der Waals surface area contributed by atoms with Crippen LogP contribution in [0.15, 0.2) is 65.5 Å². The van der Waals surface area contributed by atoms with Crippen LogP contribution in [0.1, 0.15) is 23.6 Å². The number of imidazole rings is 1. The molecule has 1 amide bonds. The highest BCUT2D eigenvalue weighted by Gasteiger charge is 2.09. The van der Waals surface area contributed by atoms with E-state index in [0.29, 0.717) is 31.7 Å². The van der Waals surface area contributed by atoms with Crippen LogP contribution in [0.5, 0.6) is 0 Å². The molecule has 0 radical (unpaired) electrons. The second-order valence-electron chi connectivity index (χ2n) is 6.78. The summed E-state index contributed by atoms with van der Waals surface area (Å²) < 4.78 is 7.74. The van der Waals surface area contributed by atoms with Crippen LogP contribution in [0.4, 0.5) is 0 Å². The van der Waals surface area contributed by atoms with Gasteiger partial charge >= 0.3 is 0 Å². The summed E-state index contributed by atoms with van der Waals surface area (Å²) in [4.78, 5) is 20.9. The number of aryl methyl sites for hydroxylation is 2. The molecule has 0 fully saturated rings. The average Bonchev–Trinajstić information content (AvgIpc) is 3.33. The highest BCUT2D eigenvalue weighted by molar-refractivity contribution is 5.76. The Hall–Kier alpha value is -3.41. The Morgan fingerprint density at radius 2 is 2.00 bits per heavy atom. The van der Waals surface area contributed by atoms with Gasteiger partial charge < -0.3 is 14.1 Å². The molecule has 4 aromatic rings. The largest absolute Gasteiger partial charge is 0.441 e. The van der Waals surface area contributed by atoms with E-state index in [4.69, 9.17) is 4.42 Å². The number of amides is 1. The van der Waals surface area contributed by atoms with E-state index in [0.717, 1.165) is 22.7 Å². The van der Waals surface area contributed by atoms with Gasteiger partial charge in [0.15, 0.2) is 11.7 Å². The molecule has 0 aliphatic heterocycles. The second kappa shape index (κ2) is 8.08. The maximum atomic E-state index is 12.1. The number of carbonyl (C=O) groups excluding carboxylic acids is 1. The van der Waals surface area contributed by atoms with Crippen molar-refractivity contribution in [2.24, 2.45) is 0 Å². The third kappa shape index (κ3) is 4.28. The molecule has 0 bridgehead atoms. The summed E-state index contributed by atoms with van der Waals surface area (Å²) in [6, 6.07) is 14.0. The van der Waals surface area contributed by atoms with Gasteiger partial charge in [0, 0.05) is 43.8 Å². The fourth-order valence-corrected chi connectivity index (χ4v) is 3.02. The zero-order valence-electron chi connectivity index (χ0n) is 15.8. The van der Waals surface area contributed by atoms with E-state index in [2.05, 4.69) is 15.3 Å². The fourth-order valence-electron chi connectivity index (χ4n) is 3.02. The van der Waals surface area contributed by atoms with E-state index in [1.807, 2.05) is 66.2 Å². The normalized spacial score (nSPS) is 11.0. The first-order valence-electron chi connectivity index (χ1n) is 9.38. The van der Waals surface area contributed by atoms with Crippen LogP contribution in [0.25, 0.3) is 17.0 Å². The maximum absolute atomic E-state index is 12.1. The van der Waals surface area contributed by atoms with Gasteiger partial charge in [0.2, 0.25) is 5.91 Å². The predicted octanol–water partition coefficient (Wildman–Crippen LogP) is 3.59. The van der Waals surface area contributed by atoms with Crippen LogP contribution in [-0.4, -0.2) is 26.8 Å². The minimum Gasteiger partial charge on any atom is -0.441 e. The van der Waals surface area contributed by atoms with Gasteiger partial charge in [-0.2, -0.15) is 0 Å². The first-order chi connectivity index (χ1) is 13.7. The summed E-state index contributed by atoms with van der Waals surface area (Å²) in [6.07, 6.45) is 7.18. The number of nitrogens with one attached hydrogen (secondary N) is 1. The summed E-state index contributed by atoms with van der Waals surface area (Å²) >= 11 is 0. The van der Waals surface area contributed by atoms with Gasteiger partial charge in [-0.3, -0.25) is 4.79 Å². The first kappa shape index (κ1) is 18.0. The van der Waals surface area contributed by atoms with Crippen LogP contribution < -0.4 is 5.32 Å². The summed E-state index contributed by atoms with van der Waals surface area (Å²) in [7, 11) is 0. The van der Waals surface area contributed by atoms with Crippen LogP contribution in [0.3, 0.4) is 0 Å². The number of oxazole rings is 1. The van der Waals surface area contributed by atoms with Crippen molar-refractivity contribution < 1.29 is 9.21 Å². The Balaban J connectivity index is 1.24. The van der Waals surface area contributed by atoms with E-state index in [-0.39, 0.29) is 5.91 Å². The Labute approximate surface area is 163 Å². The zero-order valence-corrected chi connectivity index (χ0v) is 15.8. The molecule has 142 valence electrons. The van der Waals surface area contributed by atoms with E-state index < -0.39 is 0 Å². The molecule has 0 atom stereocenters. The lowest BCUT2D eigenvalue weighted by molar-refractivity contribution is -0.121. The van der Waals surface area contributed by atoms with Crippen LogP contribution in [0.2, 0.25) is 0 Å². The molecule has 28 heavy (non-hydrogen) atoms. The van der Waals surface area contributed by atoms with Crippen LogP contribution >= 0.6 is 0 Å². The van der Waals surface area contributed by atoms with Crippen molar-refractivity contribution >= 4 is 11.6 Å². The summed E-state index contributed by atoms with van der Waals surface area (Å²) in [5.41, 5.74) is 4.06. The Bertz CT molecular complexity index is 1050. The number of benzene rings is 1. The molecule has 6 heteroatoms. The highest BCUT2D eigenvalue weighted by Crippen LogP contribution is 2.21. The molecule has 1 N–H and O–H groups in total. The van der Waals surface area contributed by atoms with E-state index >= 15 is 0 Å². The van der Waals surface area contributed by atoms with Gasteiger partial charge in [-0.25, -0.2) is 9.97 Å². The molecule has 0 aliphatic carbocycles. The number of pyridine rings is 1. The minimum atomic E-state index is -0.0150. The van der Waals surface area contributed by atoms with Crippen LogP contribution in [-0.2, 0) is 17.6 Å². The van der Waals surface area contributed by atoms with Gasteiger partial charge in [-0.1, -0.05) is 35.9 Å². The average molecular weight is 374 g/mol. The lowest BCUT2D eigenvalue weighted by Crippen LogP contribution is -2.26. The summed E-state index contributed by atoms with van der Waals surface area (Å²) in [5, 5.41) is 2.93. The molecule has 0 saturated heterocycles. The predicted molar refractivity (Wildman–Crippen MR) is 107 cm³/mol. The van der Waals surface area contributed by atoms with Crippen molar-refractivity contribution in [2.45, 2.75) is 26.2 Å². The Kier molecular flexibility index (Phi) is 5.19. The topological polar surface area (TPSA) is 72.4 Å². The number of hydrogen-bond acceptors (Lipinski definition) is 4. The smallest absolute Gasteiger partial charge is 0.220 e. The van der Waals surface area contributed by atoms with Crippen molar-refractivity contribution in [3.8, 4) is 11.3 Å². The molecule has 6 nitrogen and oxygen atoms in total. The van der Waals surface area contributed by atoms with Gasteiger partial charge in [-0.05, 0) is 19.1 Å². The molecule has 0 spiro atoms. The summed E-state index contributed by atoms with van der Waals surface area (Å²) in [5.74, 6) is 1.28. The molecule has 0 saturated carbocycles. The molecule has 3 heterocycles. The number of nitrogens with zero attached hydrogens (tertiary/aromatic N) is 3. The van der Waals surface area contributed by atoms with E-state index in [9.17, 15) is 4.79 Å². The number of carbonyl (C=O) groups is 1. The second-order valence-corrected chi connectivity index (χ2v) is 6.78. The molecular formula is C22H22N4O2. The summed E-state index contributed by atoms with van der Waals surface area (Å²) in [6.45, 7) is 2.60. The minimum absolute atomic E-state index is 0.0150. The van der Waals surface area contributed by atoms with Crippen molar-refractivity contribution in [3.63, 3.8) is 0 Å². The number of hydrogen-bond donors (Lipinski definition) is 1. The SMILES string of the molecule is Cc1ccc(-c2cnc(CCC(=O)NCCc3cn4ccccc4n3)o2)cc1. The van der Waals surface area contributed by atoms with E-state index in [1.54, 1.807) is 6.20 Å². The molecule has 0 unspecified atom stereocenters. The standard InChI is InChI=1S/C22H22N4O2/c1-16-5-7-17(8-6-16)19-14-24-22(28-19)10-9-21(27)23-12-11-18-15-26-13-3-2-4-20(26)25-18/h2-8,13-15H,9-12H2,1H3,(H,23,27). The monoisotopic (exact) mass is 374 g/mol. The number of rotatable bonds is 7. The van der Waals surface area contributed by atoms with Gasteiger partial charge in [0.1, 0.15) is 5.65 Å². The molecular weight excluding hydrogens is 352 g/mol. The zero-order chi connectivity index (χ0) is 19.3. The van der Waals surface area contributed by atoms with Crippen molar-refractivity contribution in [1.82, 2.24) is 19.7 Å². The molecule has 1 aromatic carbocycles. The molecule has 3 aromatic heterocycles. The lowest BCUT2D eigenvalue weighted by Gasteiger charge is -2.02. The maximum Gasteiger partial charge on any atom is 0.220 e. The van der Waals surface area contributed by atoms with Crippen molar-refractivity contribution in [3.05, 3.63) is 78.2 Å². The molecule has 4 rings (SSSR count). The Morgan fingerprint density at radius 3 is 2.82 bits per heavy atom. The third-order valence-electron chi connectivity index (χ3n) is 4.57. The first-order valence-corrected chi connectivity index (χ1v) is 9.38. The lowest BCUT2D eigenvalue weighted by atomic mass is 10.1. The van der Waals surface area contributed by atoms with Gasteiger partial charge in [0.05, 0.1) is 11.9 Å². The number of fused-ring (bicyclic) bond motifs is 1. The Morgan fingerprint density at radius 1 is 1.14 bits per heavy atom. The van der Waals surface area contributed by atoms with Gasteiger partial charge in [0.25, 0.3) is 0 Å². The van der Waals surface area contributed by atoms with Crippen LogP contribution in [0, 0.1) is 6.92 Å². The number of aromatic nitrogens is 3.